The highest BCUT2D eigenvalue weighted by atomic mass is 32.2. The van der Waals surface area contributed by atoms with Crippen LogP contribution in [0.2, 0.25) is 0 Å². The summed E-state index contributed by atoms with van der Waals surface area (Å²) in [6.45, 7) is 3.68. The summed E-state index contributed by atoms with van der Waals surface area (Å²) in [4.78, 5) is 14.2. The molecule has 0 aromatic heterocycles. The molecular formula is C19H27FN2O3S. The fourth-order valence-electron chi connectivity index (χ4n) is 3.25. The van der Waals surface area contributed by atoms with Gasteiger partial charge in [-0.15, -0.1) is 0 Å². The Kier molecular flexibility index (Phi) is 6.81. The lowest BCUT2D eigenvalue weighted by atomic mass is 9.84. The fraction of sp³-hybridized carbons (Fsp3) is 0.526. The first-order valence-electron chi connectivity index (χ1n) is 8.85. The van der Waals surface area contributed by atoms with E-state index in [9.17, 15) is 17.6 Å². The molecule has 2 rings (SSSR count). The molecule has 1 heterocycles. The van der Waals surface area contributed by atoms with Crippen molar-refractivity contribution < 1.29 is 17.6 Å². The minimum Gasteiger partial charge on any atom is -0.332 e. The van der Waals surface area contributed by atoms with Gasteiger partial charge < -0.3 is 10.2 Å². The second-order valence-corrected chi connectivity index (χ2v) is 8.83. The van der Waals surface area contributed by atoms with Gasteiger partial charge in [0.25, 0.3) is 0 Å². The number of amides is 2. The fourth-order valence-corrected chi connectivity index (χ4v) is 3.77. The molecule has 1 aliphatic rings. The molecule has 144 valence electrons. The Morgan fingerprint density at radius 2 is 2.04 bits per heavy atom. The lowest BCUT2D eigenvalue weighted by Gasteiger charge is -2.41. The summed E-state index contributed by atoms with van der Waals surface area (Å²) in [7, 11) is -3.26. The zero-order valence-electron chi connectivity index (χ0n) is 15.4. The summed E-state index contributed by atoms with van der Waals surface area (Å²) in [6, 6.07) is 8.56. The zero-order valence-corrected chi connectivity index (χ0v) is 16.2. The van der Waals surface area contributed by atoms with Crippen LogP contribution in [-0.4, -0.2) is 44.4 Å². The first kappa shape index (κ1) is 20.4. The van der Waals surface area contributed by atoms with Gasteiger partial charge >= 0.3 is 6.03 Å². The van der Waals surface area contributed by atoms with Gasteiger partial charge in [0.05, 0.1) is 12.6 Å². The first-order chi connectivity index (χ1) is 12.2. The first-order valence-corrected chi connectivity index (χ1v) is 10.8. The van der Waals surface area contributed by atoms with Gasteiger partial charge in [-0.2, -0.15) is 0 Å². The van der Waals surface area contributed by atoms with Gasteiger partial charge in [-0.3, -0.25) is 0 Å². The van der Waals surface area contributed by atoms with Crippen molar-refractivity contribution in [1.82, 2.24) is 10.2 Å². The molecular weight excluding hydrogens is 355 g/mol. The van der Waals surface area contributed by atoms with Crippen molar-refractivity contribution in [2.75, 3.05) is 12.8 Å². The summed E-state index contributed by atoms with van der Waals surface area (Å²) < 4.78 is 36.9. The molecule has 2 amide bonds. The molecule has 0 spiro atoms. The van der Waals surface area contributed by atoms with E-state index in [2.05, 4.69) is 5.32 Å². The van der Waals surface area contributed by atoms with Crippen molar-refractivity contribution in [2.24, 2.45) is 5.92 Å². The highest BCUT2D eigenvalue weighted by Gasteiger charge is 2.38. The molecule has 1 aliphatic heterocycles. The molecule has 26 heavy (non-hydrogen) atoms. The van der Waals surface area contributed by atoms with E-state index in [0.29, 0.717) is 6.42 Å². The van der Waals surface area contributed by atoms with Gasteiger partial charge in [-0.05, 0) is 24.8 Å². The van der Waals surface area contributed by atoms with Crippen molar-refractivity contribution in [1.29, 1.82) is 0 Å². The molecule has 1 N–H and O–H groups in total. The predicted octanol–water partition coefficient (Wildman–Crippen LogP) is 3.45. The minimum atomic E-state index is -3.26. The molecule has 7 heteroatoms. The molecule has 4 atom stereocenters. The number of hydrogen-bond donors (Lipinski definition) is 1. The number of nitrogens with one attached hydrogen (secondary N) is 1. The van der Waals surface area contributed by atoms with E-state index in [1.165, 1.54) is 11.0 Å². The maximum Gasteiger partial charge on any atom is 0.318 e. The number of carbonyl (C=O) groups is 1. The summed E-state index contributed by atoms with van der Waals surface area (Å²) >= 11 is 0. The Balaban J connectivity index is 2.17. The summed E-state index contributed by atoms with van der Waals surface area (Å²) in [5.41, 5.74) is 0.979. The monoisotopic (exact) mass is 382 g/mol. The van der Waals surface area contributed by atoms with E-state index in [1.54, 1.807) is 6.92 Å². The SMILES string of the molecule is CC[C@H]1C[C@@H](c2ccccc2)N(C(=O)N[C@@H](C)/C=C/S(C)(=O)=O)C[C@H]1F. The smallest absolute Gasteiger partial charge is 0.318 e. The van der Waals surface area contributed by atoms with Crippen molar-refractivity contribution >= 4 is 15.9 Å². The Hall–Kier alpha value is -1.89. The van der Waals surface area contributed by atoms with E-state index in [-0.39, 0.29) is 24.5 Å². The minimum absolute atomic E-state index is 0.0341. The summed E-state index contributed by atoms with van der Waals surface area (Å²) in [5.74, 6) is -0.0770. The average Bonchev–Trinajstić information content (AvgIpc) is 2.60. The quantitative estimate of drug-likeness (QED) is 0.848. The van der Waals surface area contributed by atoms with Crippen molar-refractivity contribution in [3.05, 3.63) is 47.4 Å². The van der Waals surface area contributed by atoms with Crippen LogP contribution in [0.15, 0.2) is 41.8 Å². The van der Waals surface area contributed by atoms with E-state index < -0.39 is 22.1 Å². The molecule has 0 bridgehead atoms. The van der Waals surface area contributed by atoms with Gasteiger partial charge in [0, 0.05) is 17.7 Å². The Morgan fingerprint density at radius 1 is 1.38 bits per heavy atom. The van der Waals surface area contributed by atoms with Gasteiger partial charge in [-0.1, -0.05) is 49.8 Å². The van der Waals surface area contributed by atoms with Crippen LogP contribution < -0.4 is 5.32 Å². The third-order valence-corrected chi connectivity index (χ3v) is 5.37. The lowest BCUT2D eigenvalue weighted by Crippen LogP contribution is -2.51. The summed E-state index contributed by atoms with van der Waals surface area (Å²) in [5, 5.41) is 3.81. The normalized spacial score (nSPS) is 25.2. The predicted molar refractivity (Wildman–Crippen MR) is 101 cm³/mol. The second kappa shape index (κ2) is 8.66. The number of carbonyl (C=O) groups excluding carboxylic acids is 1. The average molecular weight is 383 g/mol. The Morgan fingerprint density at radius 3 is 2.62 bits per heavy atom. The zero-order chi connectivity index (χ0) is 19.3. The number of halogens is 1. The van der Waals surface area contributed by atoms with Crippen LogP contribution in [0.1, 0.15) is 38.3 Å². The van der Waals surface area contributed by atoms with Crippen LogP contribution in [0.3, 0.4) is 0 Å². The lowest BCUT2D eigenvalue weighted by molar-refractivity contribution is 0.0581. The highest BCUT2D eigenvalue weighted by molar-refractivity contribution is 7.93. The number of benzene rings is 1. The van der Waals surface area contributed by atoms with Crippen LogP contribution in [0.25, 0.3) is 0 Å². The third kappa shape index (κ3) is 5.56. The van der Waals surface area contributed by atoms with Crippen LogP contribution in [0.4, 0.5) is 9.18 Å². The maximum absolute atomic E-state index is 14.5. The molecule has 1 saturated heterocycles. The topological polar surface area (TPSA) is 66.5 Å². The van der Waals surface area contributed by atoms with Crippen LogP contribution in [0.5, 0.6) is 0 Å². The van der Waals surface area contributed by atoms with E-state index in [1.807, 2.05) is 37.3 Å². The van der Waals surface area contributed by atoms with Gasteiger partial charge in [0.15, 0.2) is 9.84 Å². The van der Waals surface area contributed by atoms with E-state index >= 15 is 0 Å². The Bertz CT molecular complexity index is 736. The Labute approximate surface area is 155 Å². The van der Waals surface area contributed by atoms with Crippen molar-refractivity contribution in [3.8, 4) is 0 Å². The van der Waals surface area contributed by atoms with Crippen molar-refractivity contribution in [3.63, 3.8) is 0 Å². The largest absolute Gasteiger partial charge is 0.332 e. The maximum atomic E-state index is 14.5. The van der Waals surface area contributed by atoms with Crippen LogP contribution in [-0.2, 0) is 9.84 Å². The number of rotatable bonds is 5. The number of sulfone groups is 1. The van der Waals surface area contributed by atoms with Gasteiger partial charge in [0.2, 0.25) is 0 Å². The molecule has 1 fully saturated rings. The van der Waals surface area contributed by atoms with E-state index in [0.717, 1.165) is 23.6 Å². The second-order valence-electron chi connectivity index (χ2n) is 6.90. The number of nitrogens with zero attached hydrogens (tertiary/aromatic N) is 1. The standard InChI is InChI=1S/C19H27FN2O3S/c1-4-15-12-18(16-8-6-5-7-9-16)22(13-17(15)20)19(23)21-14(2)10-11-26(3,24)25/h5-11,14-15,17-18H,4,12-13H2,1-3H3,(H,21,23)/b11-10+/t14-,15-,17+,18-/m0/s1. The van der Waals surface area contributed by atoms with E-state index in [4.69, 9.17) is 0 Å². The highest BCUT2D eigenvalue weighted by Crippen LogP contribution is 2.37. The third-order valence-electron chi connectivity index (χ3n) is 4.72. The number of alkyl halides is 1. The van der Waals surface area contributed by atoms with Gasteiger partial charge in [-0.25, -0.2) is 17.6 Å². The van der Waals surface area contributed by atoms with Crippen molar-refractivity contribution in [2.45, 2.75) is 44.9 Å². The number of urea groups is 1. The molecule has 1 aromatic rings. The van der Waals surface area contributed by atoms with Gasteiger partial charge in [0.1, 0.15) is 6.17 Å². The summed E-state index contributed by atoms with van der Waals surface area (Å²) in [6.07, 6.45) is 2.74. The molecule has 0 radical (unpaired) electrons. The number of hydrogen-bond acceptors (Lipinski definition) is 3. The van der Waals surface area contributed by atoms with Crippen LogP contribution >= 0.6 is 0 Å². The van der Waals surface area contributed by atoms with Crippen LogP contribution in [0, 0.1) is 5.92 Å². The number of likely N-dealkylation sites (tertiary alicyclic amines) is 1. The molecule has 0 unspecified atom stereocenters. The molecule has 1 aromatic carbocycles. The number of piperidine rings is 1. The molecule has 5 nitrogen and oxygen atoms in total. The molecule has 0 saturated carbocycles. The molecule has 0 aliphatic carbocycles.